The normalized spacial score (nSPS) is 10.7. The quantitative estimate of drug-likeness (QED) is 0.356. The molecule has 1 N–H and O–H groups in total. The molecule has 0 aliphatic rings. The molecule has 0 atom stereocenters. The van der Waals surface area contributed by atoms with Gasteiger partial charge in [-0.3, -0.25) is 4.79 Å². The Morgan fingerprint density at radius 1 is 0.862 bits per heavy atom. The maximum Gasteiger partial charge on any atom is 0.267 e. The predicted molar refractivity (Wildman–Crippen MR) is 119 cm³/mol. The second-order valence-corrected chi connectivity index (χ2v) is 7.66. The molecule has 0 spiro atoms. The van der Waals surface area contributed by atoms with E-state index in [2.05, 4.69) is 5.32 Å². The van der Waals surface area contributed by atoms with Crippen LogP contribution in [0.5, 0.6) is 11.5 Å². The van der Waals surface area contributed by atoms with Crippen LogP contribution in [0.2, 0.25) is 5.02 Å². The molecule has 0 bridgehead atoms. The molecule has 1 heterocycles. The minimum Gasteiger partial charge on any atom is -0.490 e. The number of para-hydroxylation sites is 1. The number of ether oxygens (including phenoxy) is 2. The third-order valence-electron chi connectivity index (χ3n) is 4.20. The molecule has 0 aliphatic heterocycles. The lowest BCUT2D eigenvalue weighted by Crippen LogP contribution is -2.11. The Morgan fingerprint density at radius 2 is 1.55 bits per heavy atom. The minimum absolute atomic E-state index is 0.235. The summed E-state index contributed by atoms with van der Waals surface area (Å²) in [5, 5.41) is 4.26. The molecule has 1 amide bonds. The van der Waals surface area contributed by atoms with E-state index in [1.807, 2.05) is 72.8 Å². The first-order chi connectivity index (χ1) is 14.2. The number of nitrogens with one attached hydrogen (secondary N) is 1. The van der Waals surface area contributed by atoms with Crippen molar-refractivity contribution in [3.05, 3.63) is 88.8 Å². The third-order valence-corrected chi connectivity index (χ3v) is 5.87. The highest BCUT2D eigenvalue weighted by Crippen LogP contribution is 2.35. The summed E-state index contributed by atoms with van der Waals surface area (Å²) >= 11 is 7.77. The highest BCUT2D eigenvalue weighted by molar-refractivity contribution is 7.21. The number of thiophene rings is 1. The van der Waals surface area contributed by atoms with E-state index in [1.165, 1.54) is 11.3 Å². The maximum absolute atomic E-state index is 12.7. The fourth-order valence-corrected chi connectivity index (χ4v) is 4.26. The summed E-state index contributed by atoms with van der Waals surface area (Å²) in [5.41, 5.74) is 0.644. The number of hydrogen-bond acceptors (Lipinski definition) is 4. The van der Waals surface area contributed by atoms with Gasteiger partial charge in [-0.2, -0.15) is 0 Å². The van der Waals surface area contributed by atoms with E-state index < -0.39 is 0 Å². The van der Waals surface area contributed by atoms with Crippen LogP contribution in [-0.2, 0) is 0 Å². The third kappa shape index (κ3) is 4.70. The molecular weight excluding hydrogens is 406 g/mol. The van der Waals surface area contributed by atoms with E-state index in [9.17, 15) is 4.79 Å². The van der Waals surface area contributed by atoms with Crippen LogP contribution in [0, 0.1) is 0 Å². The first-order valence-electron chi connectivity index (χ1n) is 9.10. The van der Waals surface area contributed by atoms with Gasteiger partial charge in [0.05, 0.1) is 5.02 Å². The number of rotatable bonds is 7. The van der Waals surface area contributed by atoms with E-state index >= 15 is 0 Å². The Balaban J connectivity index is 1.36. The summed E-state index contributed by atoms with van der Waals surface area (Å²) in [6.45, 7) is 0.826. The van der Waals surface area contributed by atoms with Crippen LogP contribution in [0.15, 0.2) is 78.9 Å². The SMILES string of the molecule is O=C(Nc1cccc(OCCOc2ccccc2)c1)c1sc2ccccc2c1Cl. The zero-order chi connectivity index (χ0) is 20.1. The van der Waals surface area contributed by atoms with E-state index in [4.69, 9.17) is 21.1 Å². The Hall–Kier alpha value is -3.02. The van der Waals surface area contributed by atoms with Gasteiger partial charge in [-0.25, -0.2) is 0 Å². The first-order valence-corrected chi connectivity index (χ1v) is 10.3. The van der Waals surface area contributed by atoms with E-state index in [1.54, 1.807) is 6.07 Å². The largest absolute Gasteiger partial charge is 0.490 e. The van der Waals surface area contributed by atoms with Gasteiger partial charge >= 0.3 is 0 Å². The molecule has 4 aromatic rings. The molecule has 0 aliphatic carbocycles. The molecule has 0 saturated carbocycles. The van der Waals surface area contributed by atoms with Gasteiger partial charge < -0.3 is 14.8 Å². The number of carbonyl (C=O) groups is 1. The number of hydrogen-bond donors (Lipinski definition) is 1. The van der Waals surface area contributed by atoms with Crippen molar-refractivity contribution in [1.82, 2.24) is 0 Å². The number of amides is 1. The van der Waals surface area contributed by atoms with Crippen LogP contribution >= 0.6 is 22.9 Å². The predicted octanol–water partition coefficient (Wildman–Crippen LogP) is 6.26. The number of benzene rings is 3. The van der Waals surface area contributed by atoms with Crippen molar-refractivity contribution in [3.63, 3.8) is 0 Å². The summed E-state index contributed by atoms with van der Waals surface area (Å²) in [5.74, 6) is 1.22. The molecule has 1 aromatic heterocycles. The van der Waals surface area contributed by atoms with Crippen LogP contribution in [0.25, 0.3) is 10.1 Å². The van der Waals surface area contributed by atoms with Crippen LogP contribution in [0.3, 0.4) is 0 Å². The molecular formula is C23H18ClNO3S. The van der Waals surface area contributed by atoms with Gasteiger partial charge in [-0.05, 0) is 30.3 Å². The van der Waals surface area contributed by atoms with E-state index in [-0.39, 0.29) is 5.91 Å². The minimum atomic E-state index is -0.235. The monoisotopic (exact) mass is 423 g/mol. The molecule has 4 nitrogen and oxygen atoms in total. The van der Waals surface area contributed by atoms with Crippen LogP contribution in [0.4, 0.5) is 5.69 Å². The maximum atomic E-state index is 12.7. The van der Waals surface area contributed by atoms with Crippen molar-refractivity contribution >= 4 is 44.6 Å². The summed E-state index contributed by atoms with van der Waals surface area (Å²) < 4.78 is 12.3. The highest BCUT2D eigenvalue weighted by Gasteiger charge is 2.17. The second kappa shape index (κ2) is 8.99. The van der Waals surface area contributed by atoms with Crippen molar-refractivity contribution in [2.45, 2.75) is 0 Å². The van der Waals surface area contributed by atoms with Crippen molar-refractivity contribution in [1.29, 1.82) is 0 Å². The van der Waals surface area contributed by atoms with Crippen molar-refractivity contribution in [2.75, 3.05) is 18.5 Å². The van der Waals surface area contributed by atoms with Crippen LogP contribution in [-0.4, -0.2) is 19.1 Å². The average molecular weight is 424 g/mol. The van der Waals surface area contributed by atoms with E-state index in [0.717, 1.165) is 15.8 Å². The van der Waals surface area contributed by atoms with Gasteiger partial charge in [0.25, 0.3) is 5.91 Å². The lowest BCUT2D eigenvalue weighted by molar-refractivity contribution is 0.103. The zero-order valence-electron chi connectivity index (χ0n) is 15.4. The zero-order valence-corrected chi connectivity index (χ0v) is 17.0. The van der Waals surface area contributed by atoms with Crippen LogP contribution < -0.4 is 14.8 Å². The van der Waals surface area contributed by atoms with Gasteiger partial charge in [-0.1, -0.05) is 54.1 Å². The fraction of sp³-hybridized carbons (Fsp3) is 0.0870. The summed E-state index contributed by atoms with van der Waals surface area (Å²) in [6.07, 6.45) is 0. The topological polar surface area (TPSA) is 47.6 Å². The first kappa shape index (κ1) is 19.3. The number of anilines is 1. The van der Waals surface area contributed by atoms with E-state index in [0.29, 0.717) is 34.6 Å². The Morgan fingerprint density at radius 3 is 2.34 bits per heavy atom. The van der Waals surface area contributed by atoms with Crippen molar-refractivity contribution in [3.8, 4) is 11.5 Å². The smallest absolute Gasteiger partial charge is 0.267 e. The number of carbonyl (C=O) groups excluding carboxylic acids is 1. The Kier molecular flexibility index (Phi) is 5.98. The molecule has 4 rings (SSSR count). The summed E-state index contributed by atoms with van der Waals surface area (Å²) in [7, 11) is 0. The Bertz CT molecular complexity index is 1130. The average Bonchev–Trinajstić information content (AvgIpc) is 3.09. The van der Waals surface area contributed by atoms with Gasteiger partial charge in [0.1, 0.15) is 29.6 Å². The summed E-state index contributed by atoms with van der Waals surface area (Å²) in [6, 6.07) is 24.5. The molecule has 0 unspecified atom stereocenters. The lowest BCUT2D eigenvalue weighted by Gasteiger charge is -2.10. The standard InChI is InChI=1S/C23H18ClNO3S/c24-21-19-11-4-5-12-20(19)29-22(21)23(26)25-16-7-6-10-18(15-16)28-14-13-27-17-8-2-1-3-9-17/h1-12,15H,13-14H2,(H,25,26). The number of fused-ring (bicyclic) bond motifs is 1. The molecule has 146 valence electrons. The summed E-state index contributed by atoms with van der Waals surface area (Å²) in [4.78, 5) is 13.2. The number of halogens is 1. The van der Waals surface area contributed by atoms with Gasteiger partial charge in [0, 0.05) is 21.8 Å². The molecule has 3 aromatic carbocycles. The molecule has 6 heteroatoms. The van der Waals surface area contributed by atoms with Crippen molar-refractivity contribution < 1.29 is 14.3 Å². The highest BCUT2D eigenvalue weighted by atomic mass is 35.5. The molecule has 0 saturated heterocycles. The van der Waals surface area contributed by atoms with Crippen molar-refractivity contribution in [2.24, 2.45) is 0 Å². The second-order valence-electron chi connectivity index (χ2n) is 6.23. The van der Waals surface area contributed by atoms with Gasteiger partial charge in [-0.15, -0.1) is 11.3 Å². The Labute approximate surface area is 177 Å². The fourth-order valence-electron chi connectivity index (χ4n) is 2.85. The molecule has 0 fully saturated rings. The van der Waals surface area contributed by atoms with Crippen LogP contribution in [0.1, 0.15) is 9.67 Å². The molecule has 29 heavy (non-hydrogen) atoms. The molecule has 0 radical (unpaired) electrons. The van der Waals surface area contributed by atoms with Gasteiger partial charge in [0.2, 0.25) is 0 Å². The lowest BCUT2D eigenvalue weighted by atomic mass is 10.2. The van der Waals surface area contributed by atoms with Gasteiger partial charge in [0.15, 0.2) is 0 Å².